The Labute approximate surface area is 104 Å². The van der Waals surface area contributed by atoms with Crippen LogP contribution >= 0.6 is 0 Å². The van der Waals surface area contributed by atoms with Crippen LogP contribution in [0.4, 0.5) is 0 Å². The summed E-state index contributed by atoms with van der Waals surface area (Å²) in [6.45, 7) is 8.06. The quantitative estimate of drug-likeness (QED) is 0.730. The summed E-state index contributed by atoms with van der Waals surface area (Å²) in [4.78, 5) is 14.1. The summed E-state index contributed by atoms with van der Waals surface area (Å²) < 4.78 is 0. The summed E-state index contributed by atoms with van der Waals surface area (Å²) in [5.41, 5.74) is 0. The van der Waals surface area contributed by atoms with E-state index in [-0.39, 0.29) is 24.6 Å². The number of nitrogens with zero attached hydrogens (tertiary/aromatic N) is 1. The molecule has 1 aliphatic heterocycles. The second kappa shape index (κ2) is 6.97. The van der Waals surface area contributed by atoms with Crippen molar-refractivity contribution in [3.05, 3.63) is 0 Å². The van der Waals surface area contributed by atoms with Crippen molar-refractivity contribution in [2.45, 2.75) is 52.1 Å². The van der Waals surface area contributed by atoms with E-state index in [1.165, 1.54) is 0 Å². The molecular weight excluding hydrogens is 216 g/mol. The van der Waals surface area contributed by atoms with Crippen LogP contribution in [-0.4, -0.2) is 47.7 Å². The summed E-state index contributed by atoms with van der Waals surface area (Å²) in [6, 6.07) is 0.0441. The van der Waals surface area contributed by atoms with Crippen molar-refractivity contribution in [2.24, 2.45) is 5.92 Å². The largest absolute Gasteiger partial charge is 0.395 e. The van der Waals surface area contributed by atoms with Crippen LogP contribution in [0.25, 0.3) is 0 Å². The fraction of sp³-hybridized carbons (Fsp3) is 0.923. The maximum atomic E-state index is 11.9. The van der Waals surface area contributed by atoms with Gasteiger partial charge in [-0.2, -0.15) is 0 Å². The maximum Gasteiger partial charge on any atom is 0.237 e. The molecule has 0 spiro atoms. The lowest BCUT2D eigenvalue weighted by atomic mass is 10.1. The maximum absolute atomic E-state index is 11.9. The van der Waals surface area contributed by atoms with Crippen molar-refractivity contribution in [3.63, 3.8) is 0 Å². The third-order valence-electron chi connectivity index (χ3n) is 3.53. The summed E-state index contributed by atoms with van der Waals surface area (Å²) in [6.07, 6.45) is 3.09. The minimum atomic E-state index is -0.123. The average molecular weight is 242 g/mol. The van der Waals surface area contributed by atoms with Crippen molar-refractivity contribution >= 4 is 5.91 Å². The summed E-state index contributed by atoms with van der Waals surface area (Å²) in [7, 11) is 0. The highest BCUT2D eigenvalue weighted by molar-refractivity contribution is 5.81. The van der Waals surface area contributed by atoms with Crippen molar-refractivity contribution in [1.82, 2.24) is 10.2 Å². The van der Waals surface area contributed by atoms with Gasteiger partial charge in [0.15, 0.2) is 0 Å². The third-order valence-corrected chi connectivity index (χ3v) is 3.53. The molecule has 0 bridgehead atoms. The van der Waals surface area contributed by atoms with Crippen LogP contribution in [-0.2, 0) is 4.79 Å². The van der Waals surface area contributed by atoms with Gasteiger partial charge in [-0.15, -0.1) is 0 Å². The molecular formula is C13H26N2O2. The van der Waals surface area contributed by atoms with Gasteiger partial charge in [-0.1, -0.05) is 13.8 Å². The normalized spacial score (nSPS) is 23.0. The molecule has 100 valence electrons. The number of nitrogens with one attached hydrogen (secondary N) is 1. The van der Waals surface area contributed by atoms with E-state index >= 15 is 0 Å². The van der Waals surface area contributed by atoms with Crippen LogP contribution in [0.1, 0.15) is 40.0 Å². The zero-order valence-electron chi connectivity index (χ0n) is 11.3. The first-order chi connectivity index (χ1) is 8.06. The SMILES string of the molecule is CC(C)CCNC(=O)C(C)N1CCCC1CO. The fourth-order valence-corrected chi connectivity index (χ4v) is 2.35. The fourth-order valence-electron chi connectivity index (χ4n) is 2.35. The van der Waals surface area contributed by atoms with Gasteiger partial charge < -0.3 is 10.4 Å². The molecule has 0 aromatic rings. The molecule has 2 N–H and O–H groups in total. The lowest BCUT2D eigenvalue weighted by molar-refractivity contribution is -0.126. The highest BCUT2D eigenvalue weighted by Gasteiger charge is 2.31. The van der Waals surface area contributed by atoms with E-state index in [0.717, 1.165) is 32.4 Å². The Hall–Kier alpha value is -0.610. The molecule has 17 heavy (non-hydrogen) atoms. The van der Waals surface area contributed by atoms with Gasteiger partial charge in [0, 0.05) is 12.6 Å². The Morgan fingerprint density at radius 3 is 2.76 bits per heavy atom. The van der Waals surface area contributed by atoms with Crippen LogP contribution in [0.2, 0.25) is 0 Å². The molecule has 1 saturated heterocycles. The van der Waals surface area contributed by atoms with Crippen molar-refractivity contribution in [3.8, 4) is 0 Å². The molecule has 0 radical (unpaired) electrons. The first-order valence-electron chi connectivity index (χ1n) is 6.70. The second-order valence-corrected chi connectivity index (χ2v) is 5.37. The van der Waals surface area contributed by atoms with Gasteiger partial charge >= 0.3 is 0 Å². The highest BCUT2D eigenvalue weighted by Crippen LogP contribution is 2.19. The first kappa shape index (κ1) is 14.5. The van der Waals surface area contributed by atoms with Gasteiger partial charge in [-0.05, 0) is 38.6 Å². The van der Waals surface area contributed by atoms with E-state index in [2.05, 4.69) is 24.1 Å². The van der Waals surface area contributed by atoms with Gasteiger partial charge in [0.25, 0.3) is 0 Å². The Bertz CT molecular complexity index is 244. The van der Waals surface area contributed by atoms with E-state index in [1.54, 1.807) is 0 Å². The first-order valence-corrected chi connectivity index (χ1v) is 6.70. The number of aliphatic hydroxyl groups excluding tert-OH is 1. The molecule has 0 aromatic heterocycles. The summed E-state index contributed by atoms with van der Waals surface area (Å²) in [5.74, 6) is 0.702. The molecule has 2 unspecified atom stereocenters. The zero-order valence-corrected chi connectivity index (χ0v) is 11.3. The number of hydrogen-bond donors (Lipinski definition) is 2. The third kappa shape index (κ3) is 4.28. The minimum absolute atomic E-state index is 0.0889. The molecule has 4 nitrogen and oxygen atoms in total. The predicted molar refractivity (Wildman–Crippen MR) is 68.7 cm³/mol. The Balaban J connectivity index is 2.35. The summed E-state index contributed by atoms with van der Waals surface area (Å²) >= 11 is 0. The number of carbonyl (C=O) groups excluding carboxylic acids is 1. The van der Waals surface area contributed by atoms with Gasteiger partial charge in [0.1, 0.15) is 0 Å². The van der Waals surface area contributed by atoms with Crippen LogP contribution in [0.5, 0.6) is 0 Å². The number of aliphatic hydroxyl groups is 1. The molecule has 1 fully saturated rings. The number of amides is 1. The second-order valence-electron chi connectivity index (χ2n) is 5.37. The van der Waals surface area contributed by atoms with Gasteiger partial charge in [-0.25, -0.2) is 0 Å². The van der Waals surface area contributed by atoms with Crippen molar-refractivity contribution < 1.29 is 9.90 Å². The van der Waals surface area contributed by atoms with E-state index < -0.39 is 0 Å². The average Bonchev–Trinajstić information content (AvgIpc) is 2.75. The number of hydrogen-bond acceptors (Lipinski definition) is 3. The van der Waals surface area contributed by atoms with Crippen LogP contribution in [0.3, 0.4) is 0 Å². The van der Waals surface area contributed by atoms with E-state index in [0.29, 0.717) is 5.92 Å². The highest BCUT2D eigenvalue weighted by atomic mass is 16.3. The lowest BCUT2D eigenvalue weighted by Crippen LogP contribution is -2.48. The molecule has 1 amide bonds. The van der Waals surface area contributed by atoms with E-state index in [4.69, 9.17) is 0 Å². The Morgan fingerprint density at radius 2 is 2.18 bits per heavy atom. The molecule has 1 heterocycles. The Kier molecular flexibility index (Phi) is 5.92. The summed E-state index contributed by atoms with van der Waals surface area (Å²) in [5, 5.41) is 12.2. The predicted octanol–water partition coefficient (Wildman–Crippen LogP) is 0.994. The zero-order chi connectivity index (χ0) is 12.8. The monoisotopic (exact) mass is 242 g/mol. The van der Waals surface area contributed by atoms with Crippen molar-refractivity contribution in [1.29, 1.82) is 0 Å². The molecule has 0 aromatic carbocycles. The van der Waals surface area contributed by atoms with Gasteiger partial charge in [0.2, 0.25) is 5.91 Å². The smallest absolute Gasteiger partial charge is 0.237 e. The molecule has 0 aliphatic carbocycles. The van der Waals surface area contributed by atoms with Gasteiger partial charge in [0.05, 0.1) is 12.6 Å². The molecule has 1 aliphatic rings. The standard InChI is InChI=1S/C13H26N2O2/c1-10(2)6-7-14-13(17)11(3)15-8-4-5-12(15)9-16/h10-12,16H,4-9H2,1-3H3,(H,14,17). The van der Waals surface area contributed by atoms with Crippen LogP contribution in [0.15, 0.2) is 0 Å². The molecule has 4 heteroatoms. The van der Waals surface area contributed by atoms with E-state index in [1.807, 2.05) is 6.92 Å². The van der Waals surface area contributed by atoms with E-state index in [9.17, 15) is 9.90 Å². The van der Waals surface area contributed by atoms with Crippen LogP contribution in [0, 0.1) is 5.92 Å². The Morgan fingerprint density at radius 1 is 1.47 bits per heavy atom. The minimum Gasteiger partial charge on any atom is -0.395 e. The number of likely N-dealkylation sites (tertiary alicyclic amines) is 1. The molecule has 2 atom stereocenters. The molecule has 1 rings (SSSR count). The number of rotatable bonds is 6. The van der Waals surface area contributed by atoms with Crippen molar-refractivity contribution in [2.75, 3.05) is 19.7 Å². The number of carbonyl (C=O) groups is 1. The lowest BCUT2D eigenvalue weighted by Gasteiger charge is -2.28. The van der Waals surface area contributed by atoms with Gasteiger partial charge in [-0.3, -0.25) is 9.69 Å². The topological polar surface area (TPSA) is 52.6 Å². The van der Waals surface area contributed by atoms with Crippen LogP contribution < -0.4 is 5.32 Å². The molecule has 0 saturated carbocycles.